The Kier molecular flexibility index (Phi) is 3.78. The number of hydrogen-bond acceptors (Lipinski definition) is 1. The summed E-state index contributed by atoms with van der Waals surface area (Å²) in [6.07, 6.45) is 6.87. The number of rotatable bonds is 3. The van der Waals surface area contributed by atoms with E-state index < -0.39 is 0 Å². The summed E-state index contributed by atoms with van der Waals surface area (Å²) in [5, 5.41) is 0. The van der Waals surface area contributed by atoms with Gasteiger partial charge in [-0.05, 0) is 43.1 Å². The van der Waals surface area contributed by atoms with Crippen molar-refractivity contribution in [2.75, 3.05) is 6.54 Å². The zero-order chi connectivity index (χ0) is 9.90. The zero-order valence-corrected chi connectivity index (χ0v) is 9.47. The molecule has 0 aromatic rings. The third-order valence-electron chi connectivity index (χ3n) is 3.46. The molecule has 0 spiro atoms. The van der Waals surface area contributed by atoms with Crippen LogP contribution < -0.4 is 5.73 Å². The van der Waals surface area contributed by atoms with Gasteiger partial charge in [-0.2, -0.15) is 0 Å². The molecule has 1 rings (SSSR count). The van der Waals surface area contributed by atoms with Gasteiger partial charge >= 0.3 is 0 Å². The van der Waals surface area contributed by atoms with E-state index >= 15 is 0 Å². The van der Waals surface area contributed by atoms with E-state index in [0.717, 1.165) is 18.4 Å². The molecule has 0 bridgehead atoms. The van der Waals surface area contributed by atoms with Gasteiger partial charge in [-0.3, -0.25) is 0 Å². The highest BCUT2D eigenvalue weighted by molar-refractivity contribution is 4.86. The first-order valence-electron chi connectivity index (χ1n) is 5.78. The zero-order valence-electron chi connectivity index (χ0n) is 9.47. The van der Waals surface area contributed by atoms with E-state index in [1.165, 1.54) is 32.1 Å². The molecular weight excluding hydrogens is 158 g/mol. The topological polar surface area (TPSA) is 26.0 Å². The van der Waals surface area contributed by atoms with Crippen LogP contribution in [0.15, 0.2) is 0 Å². The van der Waals surface area contributed by atoms with E-state index in [1.54, 1.807) is 0 Å². The van der Waals surface area contributed by atoms with Crippen molar-refractivity contribution in [3.8, 4) is 0 Å². The molecule has 13 heavy (non-hydrogen) atoms. The predicted octanol–water partition coefficient (Wildman–Crippen LogP) is 3.19. The smallest absolute Gasteiger partial charge is 0.00203 e. The third kappa shape index (κ3) is 2.98. The van der Waals surface area contributed by atoms with Crippen molar-refractivity contribution in [2.45, 2.75) is 52.9 Å². The first-order valence-corrected chi connectivity index (χ1v) is 5.78. The molecule has 0 aliphatic heterocycles. The van der Waals surface area contributed by atoms with Crippen molar-refractivity contribution in [1.82, 2.24) is 0 Å². The van der Waals surface area contributed by atoms with Crippen LogP contribution in [0.1, 0.15) is 52.9 Å². The number of hydrogen-bond donors (Lipinski definition) is 1. The van der Waals surface area contributed by atoms with E-state index in [4.69, 9.17) is 5.73 Å². The summed E-state index contributed by atoms with van der Waals surface area (Å²) in [4.78, 5) is 0. The van der Waals surface area contributed by atoms with Crippen molar-refractivity contribution in [3.05, 3.63) is 0 Å². The SMILES string of the molecule is CC(C)CC1(CN)CCCC(C)C1. The normalized spacial score (nSPS) is 35.3. The molecule has 1 fully saturated rings. The summed E-state index contributed by atoms with van der Waals surface area (Å²) in [7, 11) is 0. The standard InChI is InChI=1S/C12H25N/c1-10(2)7-12(9-13)6-4-5-11(3)8-12/h10-11H,4-9,13H2,1-3H3. The largest absolute Gasteiger partial charge is 0.330 e. The minimum Gasteiger partial charge on any atom is -0.330 e. The van der Waals surface area contributed by atoms with Crippen molar-refractivity contribution >= 4 is 0 Å². The quantitative estimate of drug-likeness (QED) is 0.714. The molecule has 78 valence electrons. The minimum absolute atomic E-state index is 0.492. The lowest BCUT2D eigenvalue weighted by atomic mass is 9.66. The highest BCUT2D eigenvalue weighted by atomic mass is 14.6. The van der Waals surface area contributed by atoms with Crippen LogP contribution in [-0.2, 0) is 0 Å². The van der Waals surface area contributed by atoms with Crippen molar-refractivity contribution in [1.29, 1.82) is 0 Å². The lowest BCUT2D eigenvalue weighted by Crippen LogP contribution is -2.36. The second-order valence-electron chi connectivity index (χ2n) is 5.50. The van der Waals surface area contributed by atoms with E-state index in [-0.39, 0.29) is 0 Å². The van der Waals surface area contributed by atoms with E-state index in [0.29, 0.717) is 5.41 Å². The van der Waals surface area contributed by atoms with Gasteiger partial charge in [-0.15, -0.1) is 0 Å². The highest BCUT2D eigenvalue weighted by Gasteiger charge is 2.33. The monoisotopic (exact) mass is 183 g/mol. The molecular formula is C12H25N. The van der Waals surface area contributed by atoms with Gasteiger partial charge in [0.2, 0.25) is 0 Å². The molecule has 1 nitrogen and oxygen atoms in total. The maximum atomic E-state index is 5.95. The van der Waals surface area contributed by atoms with Crippen LogP contribution >= 0.6 is 0 Å². The molecule has 2 atom stereocenters. The molecule has 1 aliphatic rings. The van der Waals surface area contributed by atoms with E-state index in [2.05, 4.69) is 20.8 Å². The van der Waals surface area contributed by atoms with Crippen molar-refractivity contribution < 1.29 is 0 Å². The Morgan fingerprint density at radius 1 is 1.46 bits per heavy atom. The summed E-state index contributed by atoms with van der Waals surface area (Å²) in [5.74, 6) is 1.70. The van der Waals surface area contributed by atoms with Crippen LogP contribution in [0.5, 0.6) is 0 Å². The average molecular weight is 183 g/mol. The molecule has 0 radical (unpaired) electrons. The maximum absolute atomic E-state index is 5.95. The van der Waals surface area contributed by atoms with Gasteiger partial charge in [0.15, 0.2) is 0 Å². The molecule has 2 N–H and O–H groups in total. The third-order valence-corrected chi connectivity index (χ3v) is 3.46. The fourth-order valence-corrected chi connectivity index (χ4v) is 3.09. The van der Waals surface area contributed by atoms with Crippen LogP contribution in [0, 0.1) is 17.3 Å². The van der Waals surface area contributed by atoms with Crippen LogP contribution in [0.25, 0.3) is 0 Å². The summed E-state index contributed by atoms with van der Waals surface area (Å²) >= 11 is 0. The van der Waals surface area contributed by atoms with Crippen LogP contribution in [0.4, 0.5) is 0 Å². The minimum atomic E-state index is 0.492. The molecule has 1 aliphatic carbocycles. The van der Waals surface area contributed by atoms with Gasteiger partial charge in [0.05, 0.1) is 0 Å². The van der Waals surface area contributed by atoms with Gasteiger partial charge < -0.3 is 5.73 Å². The van der Waals surface area contributed by atoms with Crippen LogP contribution in [0.3, 0.4) is 0 Å². The molecule has 0 heterocycles. The highest BCUT2D eigenvalue weighted by Crippen LogP contribution is 2.42. The average Bonchev–Trinajstić information content (AvgIpc) is 2.03. The van der Waals surface area contributed by atoms with Gasteiger partial charge in [0.25, 0.3) is 0 Å². The summed E-state index contributed by atoms with van der Waals surface area (Å²) in [6, 6.07) is 0. The Labute approximate surface area is 83.1 Å². The molecule has 0 saturated heterocycles. The van der Waals surface area contributed by atoms with Gasteiger partial charge in [0, 0.05) is 0 Å². The van der Waals surface area contributed by atoms with Crippen LogP contribution in [0.2, 0.25) is 0 Å². The van der Waals surface area contributed by atoms with Gasteiger partial charge in [0.1, 0.15) is 0 Å². The Hall–Kier alpha value is -0.0400. The Balaban J connectivity index is 2.56. The van der Waals surface area contributed by atoms with E-state index in [9.17, 15) is 0 Å². The Morgan fingerprint density at radius 3 is 2.62 bits per heavy atom. The molecule has 1 heteroatoms. The summed E-state index contributed by atoms with van der Waals surface area (Å²) in [5.41, 5.74) is 6.44. The first-order chi connectivity index (χ1) is 6.08. The molecule has 0 aromatic carbocycles. The maximum Gasteiger partial charge on any atom is -0.00203 e. The lowest BCUT2D eigenvalue weighted by Gasteiger charge is -2.40. The number of nitrogens with two attached hydrogens (primary N) is 1. The van der Waals surface area contributed by atoms with Crippen molar-refractivity contribution in [2.24, 2.45) is 23.0 Å². The summed E-state index contributed by atoms with van der Waals surface area (Å²) < 4.78 is 0. The van der Waals surface area contributed by atoms with Gasteiger partial charge in [-0.1, -0.05) is 33.6 Å². The first kappa shape index (κ1) is 11.0. The molecule has 1 saturated carbocycles. The van der Waals surface area contributed by atoms with E-state index in [1.807, 2.05) is 0 Å². The molecule has 0 aromatic heterocycles. The van der Waals surface area contributed by atoms with Crippen molar-refractivity contribution in [3.63, 3.8) is 0 Å². The Morgan fingerprint density at radius 2 is 2.15 bits per heavy atom. The molecule has 2 unspecified atom stereocenters. The lowest BCUT2D eigenvalue weighted by molar-refractivity contribution is 0.124. The second kappa shape index (κ2) is 4.45. The summed E-state index contributed by atoms with van der Waals surface area (Å²) in [6.45, 7) is 7.91. The van der Waals surface area contributed by atoms with Gasteiger partial charge in [-0.25, -0.2) is 0 Å². The fraction of sp³-hybridized carbons (Fsp3) is 1.00. The fourth-order valence-electron chi connectivity index (χ4n) is 3.09. The molecule has 0 amide bonds. The second-order valence-corrected chi connectivity index (χ2v) is 5.50. The van der Waals surface area contributed by atoms with Crippen LogP contribution in [-0.4, -0.2) is 6.54 Å². The Bertz CT molecular complexity index is 149. The predicted molar refractivity (Wildman–Crippen MR) is 58.6 cm³/mol.